The Bertz CT molecular complexity index is 1970. The summed E-state index contributed by atoms with van der Waals surface area (Å²) in [4.78, 5) is 51.0. The zero-order valence-electron chi connectivity index (χ0n) is 23.1. The number of nitrogens with one attached hydrogen (secondary N) is 1. The van der Waals surface area contributed by atoms with E-state index in [1.807, 2.05) is 0 Å². The van der Waals surface area contributed by atoms with Gasteiger partial charge in [0.2, 0.25) is 0 Å². The van der Waals surface area contributed by atoms with Crippen LogP contribution in [0.2, 0.25) is 0 Å². The first-order valence-electron chi connectivity index (χ1n) is 12.6. The second-order valence-corrected chi connectivity index (χ2v) is 11.8. The minimum absolute atomic E-state index is 0.154. The van der Waals surface area contributed by atoms with Crippen LogP contribution < -0.4 is 29.9 Å². The highest BCUT2D eigenvalue weighted by Crippen LogP contribution is 2.38. The lowest BCUT2D eigenvalue weighted by Crippen LogP contribution is -2.40. The molecule has 0 bridgehead atoms. The van der Waals surface area contributed by atoms with E-state index in [1.165, 1.54) is 24.9 Å². The number of fused-ring (bicyclic) bond motifs is 1. The molecule has 4 aromatic rings. The number of hydrogen-bond donors (Lipinski definition) is 1. The van der Waals surface area contributed by atoms with E-state index >= 15 is 0 Å². The van der Waals surface area contributed by atoms with Crippen LogP contribution >= 0.6 is 39.0 Å². The Balaban J connectivity index is 1.65. The largest absolute Gasteiger partial charge is 0.497 e. The number of nitrogens with zero attached hydrogens (tertiary/aromatic N) is 3. The molecule has 1 aliphatic rings. The van der Waals surface area contributed by atoms with Crippen molar-refractivity contribution in [3.8, 4) is 11.5 Å². The number of ether oxygens (including phenoxy) is 3. The molecule has 1 aromatic carbocycles. The number of methoxy groups -OCH3 is 2. The summed E-state index contributed by atoms with van der Waals surface area (Å²) in [5.74, 6) is 0.802. The van der Waals surface area contributed by atoms with Crippen molar-refractivity contribution in [1.82, 2.24) is 14.5 Å². The molecule has 42 heavy (non-hydrogen) atoms. The first-order chi connectivity index (χ1) is 20.1. The monoisotopic (exact) mass is 672 g/mol. The van der Waals surface area contributed by atoms with Gasteiger partial charge in [-0.25, -0.2) is 14.8 Å². The normalized spacial score (nSPS) is 14.9. The van der Waals surface area contributed by atoms with Crippen molar-refractivity contribution < 1.29 is 23.4 Å². The van der Waals surface area contributed by atoms with Crippen molar-refractivity contribution in [1.29, 1.82) is 0 Å². The van der Waals surface area contributed by atoms with Crippen LogP contribution in [0.3, 0.4) is 0 Å². The third-order valence-electron chi connectivity index (χ3n) is 6.23. The van der Waals surface area contributed by atoms with E-state index in [4.69, 9.17) is 18.6 Å². The molecule has 0 radical (unpaired) electrons. The van der Waals surface area contributed by atoms with Gasteiger partial charge in [0.05, 0.1) is 41.1 Å². The molecule has 5 rings (SSSR count). The topological polar surface area (TPSA) is 138 Å². The van der Waals surface area contributed by atoms with Gasteiger partial charge < -0.3 is 23.6 Å². The number of furan rings is 1. The van der Waals surface area contributed by atoms with Gasteiger partial charge in [-0.2, -0.15) is 0 Å². The number of hydrogen-bond acceptors (Lipinski definition) is 11. The van der Waals surface area contributed by atoms with Crippen LogP contribution in [0.5, 0.6) is 11.5 Å². The molecule has 218 valence electrons. The number of halogens is 1. The molecule has 4 heterocycles. The summed E-state index contributed by atoms with van der Waals surface area (Å²) in [5.41, 5.74) is 1.12. The van der Waals surface area contributed by atoms with E-state index in [2.05, 4.69) is 30.9 Å². The number of rotatable bonds is 8. The second kappa shape index (κ2) is 12.2. The Morgan fingerprint density at radius 3 is 2.69 bits per heavy atom. The fraction of sp³-hybridized carbons (Fsp3) is 0.250. The van der Waals surface area contributed by atoms with E-state index in [-0.39, 0.29) is 23.3 Å². The fourth-order valence-corrected chi connectivity index (χ4v) is 6.85. The summed E-state index contributed by atoms with van der Waals surface area (Å²) in [6, 6.07) is 7.42. The van der Waals surface area contributed by atoms with Crippen LogP contribution in [0.1, 0.15) is 36.9 Å². The second-order valence-electron chi connectivity index (χ2n) is 8.99. The highest BCUT2D eigenvalue weighted by Gasteiger charge is 2.35. The van der Waals surface area contributed by atoms with Crippen molar-refractivity contribution in [3.05, 3.63) is 93.1 Å². The number of thiazole rings is 1. The van der Waals surface area contributed by atoms with Crippen LogP contribution in [0.25, 0.3) is 6.08 Å². The maximum absolute atomic E-state index is 14.0. The maximum atomic E-state index is 14.0. The van der Waals surface area contributed by atoms with Gasteiger partial charge in [0, 0.05) is 23.4 Å². The third kappa shape index (κ3) is 5.74. The molecule has 11 nitrogen and oxygen atoms in total. The molecule has 0 amide bonds. The molecule has 0 spiro atoms. The molecule has 3 aromatic heterocycles. The third-order valence-corrected chi connectivity index (χ3v) is 8.94. The molecule has 0 aliphatic carbocycles. The van der Waals surface area contributed by atoms with Crippen molar-refractivity contribution >= 4 is 51.1 Å². The van der Waals surface area contributed by atoms with E-state index in [0.29, 0.717) is 58.3 Å². The Morgan fingerprint density at radius 1 is 1.21 bits per heavy atom. The molecular formula is C28H25BrN4O7S2. The van der Waals surface area contributed by atoms with Crippen LogP contribution in [0, 0.1) is 6.92 Å². The fourth-order valence-electron chi connectivity index (χ4n) is 4.47. The standard InChI is InChI=1S/C28H25BrN4O7S2/c1-6-39-25(36)22-14(3)31-28-33(23(22)17-10-15(37-4)7-8-19(17)38-5)24(35)20(41-28)12-16-11-18(29)26(40-16)42-27-30-13(2)9-21(34)32-27/h7-12,23H,6H2,1-5H3,(H,30,32,34)/b20-12+/t23-/m1/s1. The number of aromatic amines is 1. The van der Waals surface area contributed by atoms with Gasteiger partial charge in [0.15, 0.2) is 15.1 Å². The van der Waals surface area contributed by atoms with Crippen LogP contribution in [0.4, 0.5) is 0 Å². The molecule has 0 fully saturated rings. The first kappa shape index (κ1) is 29.6. The number of aryl methyl sites for hydroxylation is 1. The van der Waals surface area contributed by atoms with Crippen molar-refractivity contribution in [2.45, 2.75) is 37.1 Å². The van der Waals surface area contributed by atoms with Crippen LogP contribution in [-0.2, 0) is 9.53 Å². The SMILES string of the molecule is CCOC(=O)C1=C(C)N=c2s/c(=C/c3cc(Br)c(Sc4nc(C)cc(=O)[nH]4)o3)c(=O)n2[C@@H]1c1cc(OC)ccc1OC. The zero-order chi connectivity index (χ0) is 30.1. The Kier molecular flexibility index (Phi) is 8.57. The molecule has 0 saturated carbocycles. The van der Waals surface area contributed by atoms with Gasteiger partial charge in [-0.15, -0.1) is 0 Å². The average Bonchev–Trinajstić information content (AvgIpc) is 3.44. The van der Waals surface area contributed by atoms with Gasteiger partial charge in [0.25, 0.3) is 11.1 Å². The number of esters is 1. The first-order valence-corrected chi connectivity index (χ1v) is 15.0. The van der Waals surface area contributed by atoms with Gasteiger partial charge >= 0.3 is 5.97 Å². The number of H-pyrrole nitrogens is 1. The van der Waals surface area contributed by atoms with E-state index in [1.54, 1.807) is 51.1 Å². The Morgan fingerprint density at radius 2 is 2.00 bits per heavy atom. The van der Waals surface area contributed by atoms with Crippen molar-refractivity contribution in [2.75, 3.05) is 20.8 Å². The summed E-state index contributed by atoms with van der Waals surface area (Å²) < 4.78 is 24.8. The lowest BCUT2D eigenvalue weighted by Gasteiger charge is -2.26. The molecule has 0 unspecified atom stereocenters. The number of carbonyl (C=O) groups excluding carboxylic acids is 1. The Labute approximate surface area is 255 Å². The Hall–Kier alpha value is -3.88. The van der Waals surface area contributed by atoms with Crippen LogP contribution in [0.15, 0.2) is 75.3 Å². The summed E-state index contributed by atoms with van der Waals surface area (Å²) in [5, 5.41) is 0.817. The quantitative estimate of drug-likeness (QED) is 0.219. The molecule has 1 aliphatic heterocycles. The van der Waals surface area contributed by atoms with Crippen molar-refractivity contribution in [3.63, 3.8) is 0 Å². The number of benzene rings is 1. The van der Waals surface area contributed by atoms with Crippen LogP contribution in [-0.4, -0.2) is 41.3 Å². The summed E-state index contributed by atoms with van der Waals surface area (Å²) in [7, 11) is 3.05. The number of aromatic nitrogens is 3. The molecule has 1 atom stereocenters. The van der Waals surface area contributed by atoms with Crippen molar-refractivity contribution in [2.24, 2.45) is 4.99 Å². The molecule has 1 N–H and O–H groups in total. The number of carbonyl (C=O) groups is 1. The highest BCUT2D eigenvalue weighted by molar-refractivity contribution is 9.10. The molecule has 14 heteroatoms. The summed E-state index contributed by atoms with van der Waals surface area (Å²) in [6.07, 6.45) is 1.61. The molecule has 0 saturated heterocycles. The highest BCUT2D eigenvalue weighted by atomic mass is 79.9. The minimum atomic E-state index is -0.883. The van der Waals surface area contributed by atoms with E-state index in [9.17, 15) is 14.4 Å². The van der Waals surface area contributed by atoms with Gasteiger partial charge in [-0.1, -0.05) is 11.3 Å². The smallest absolute Gasteiger partial charge is 0.338 e. The summed E-state index contributed by atoms with van der Waals surface area (Å²) in [6.45, 7) is 5.30. The maximum Gasteiger partial charge on any atom is 0.338 e. The zero-order valence-corrected chi connectivity index (χ0v) is 26.4. The lowest BCUT2D eigenvalue weighted by atomic mass is 9.95. The van der Waals surface area contributed by atoms with Gasteiger partial charge in [-0.3, -0.25) is 14.2 Å². The summed E-state index contributed by atoms with van der Waals surface area (Å²) >= 11 is 5.78. The predicted octanol–water partition coefficient (Wildman–Crippen LogP) is 3.71. The van der Waals surface area contributed by atoms with E-state index in [0.717, 1.165) is 23.1 Å². The minimum Gasteiger partial charge on any atom is -0.497 e. The van der Waals surface area contributed by atoms with E-state index < -0.39 is 12.0 Å². The lowest BCUT2D eigenvalue weighted by molar-refractivity contribution is -0.139. The van der Waals surface area contributed by atoms with Gasteiger partial charge in [0.1, 0.15) is 23.3 Å². The number of allylic oxidation sites excluding steroid dienone is 1. The van der Waals surface area contributed by atoms with Gasteiger partial charge in [-0.05, 0) is 72.7 Å². The predicted molar refractivity (Wildman–Crippen MR) is 160 cm³/mol. The average molecular weight is 674 g/mol. The molecular weight excluding hydrogens is 648 g/mol.